The zero-order valence-electron chi connectivity index (χ0n) is 15.2. The number of methoxy groups -OCH3 is 1. The number of hydrogen-bond donors (Lipinski definition) is 2. The van der Waals surface area contributed by atoms with Crippen LogP contribution in [0.2, 0.25) is 0 Å². The summed E-state index contributed by atoms with van der Waals surface area (Å²) in [4.78, 5) is 60.5. The van der Waals surface area contributed by atoms with Gasteiger partial charge >= 0.3 is 17.3 Å². The lowest BCUT2D eigenvalue weighted by Gasteiger charge is -2.12. The number of aromatic nitrogens is 2. The number of anilines is 1. The van der Waals surface area contributed by atoms with E-state index in [0.717, 1.165) is 23.8 Å². The summed E-state index contributed by atoms with van der Waals surface area (Å²) in [6.07, 6.45) is 1.39. The smallest absolute Gasteiger partial charge is 0.338 e. The third-order valence-electron chi connectivity index (χ3n) is 4.31. The first kappa shape index (κ1) is 19.8. The SMILES string of the molecule is COC(=O)c1ccc(OCC(=O)c2c(N)n(C3CC3)c(=O)[nH]c2=O)c([N+](=O)[O-])c1. The highest BCUT2D eigenvalue weighted by Gasteiger charge is 2.30. The van der Waals surface area contributed by atoms with Gasteiger partial charge < -0.3 is 15.2 Å². The van der Waals surface area contributed by atoms with Crippen LogP contribution >= 0.6 is 0 Å². The Labute approximate surface area is 162 Å². The number of rotatable bonds is 7. The quantitative estimate of drug-likeness (QED) is 0.286. The van der Waals surface area contributed by atoms with Crippen molar-refractivity contribution in [2.45, 2.75) is 18.9 Å². The van der Waals surface area contributed by atoms with Crippen LogP contribution in [0, 0.1) is 10.1 Å². The number of esters is 1. The first-order valence-electron chi connectivity index (χ1n) is 8.41. The molecule has 0 saturated heterocycles. The number of ether oxygens (including phenoxy) is 2. The van der Waals surface area contributed by atoms with E-state index in [1.165, 1.54) is 6.07 Å². The molecule has 29 heavy (non-hydrogen) atoms. The summed E-state index contributed by atoms with van der Waals surface area (Å²) in [6.45, 7) is -0.742. The minimum Gasteiger partial charge on any atom is -0.478 e. The molecule has 0 spiro atoms. The van der Waals surface area contributed by atoms with Crippen LogP contribution in [0.15, 0.2) is 27.8 Å². The third kappa shape index (κ3) is 3.85. The molecule has 2 aromatic rings. The summed E-state index contributed by atoms with van der Waals surface area (Å²) in [6, 6.07) is 3.13. The second-order valence-corrected chi connectivity index (χ2v) is 6.26. The van der Waals surface area contributed by atoms with E-state index in [-0.39, 0.29) is 23.2 Å². The number of nitrogens with zero attached hydrogens (tertiary/aromatic N) is 2. The molecule has 1 fully saturated rings. The van der Waals surface area contributed by atoms with Gasteiger partial charge in [-0.2, -0.15) is 0 Å². The van der Waals surface area contributed by atoms with Gasteiger partial charge in [0.15, 0.2) is 12.4 Å². The van der Waals surface area contributed by atoms with Crippen molar-refractivity contribution in [1.82, 2.24) is 9.55 Å². The van der Waals surface area contributed by atoms with Crippen LogP contribution in [0.5, 0.6) is 5.75 Å². The fraction of sp³-hybridized carbons (Fsp3) is 0.294. The Balaban J connectivity index is 1.87. The van der Waals surface area contributed by atoms with E-state index in [0.29, 0.717) is 12.8 Å². The normalized spacial score (nSPS) is 13.0. The molecule has 1 aromatic carbocycles. The molecule has 0 aliphatic heterocycles. The molecule has 152 valence electrons. The lowest BCUT2D eigenvalue weighted by molar-refractivity contribution is -0.385. The first-order valence-corrected chi connectivity index (χ1v) is 8.41. The monoisotopic (exact) mass is 404 g/mol. The second-order valence-electron chi connectivity index (χ2n) is 6.26. The van der Waals surface area contributed by atoms with Crippen molar-refractivity contribution >= 4 is 23.3 Å². The van der Waals surface area contributed by atoms with Crippen molar-refractivity contribution in [2.75, 3.05) is 19.5 Å². The van der Waals surface area contributed by atoms with Crippen LogP contribution in [0.1, 0.15) is 39.6 Å². The number of ketones is 1. The molecule has 3 rings (SSSR count). The number of hydrogen-bond acceptors (Lipinski definition) is 9. The Morgan fingerprint density at radius 1 is 1.34 bits per heavy atom. The van der Waals surface area contributed by atoms with E-state index in [1.807, 2.05) is 4.98 Å². The zero-order chi connectivity index (χ0) is 21.3. The van der Waals surface area contributed by atoms with E-state index in [2.05, 4.69) is 4.74 Å². The predicted octanol–water partition coefficient (Wildman–Crippen LogP) is 0.410. The summed E-state index contributed by atoms with van der Waals surface area (Å²) in [5.41, 5.74) is 3.09. The van der Waals surface area contributed by atoms with Gasteiger partial charge in [-0.15, -0.1) is 0 Å². The molecule has 12 nitrogen and oxygen atoms in total. The number of nitrogens with two attached hydrogens (primary N) is 1. The van der Waals surface area contributed by atoms with Crippen LogP contribution in [-0.2, 0) is 4.74 Å². The average Bonchev–Trinajstić information content (AvgIpc) is 3.50. The maximum absolute atomic E-state index is 12.5. The molecule has 3 N–H and O–H groups in total. The number of H-pyrrole nitrogens is 1. The molecular formula is C17H16N4O8. The van der Waals surface area contributed by atoms with Crippen LogP contribution in [-0.4, -0.2) is 39.9 Å². The Morgan fingerprint density at radius 2 is 2.03 bits per heavy atom. The molecule has 0 radical (unpaired) electrons. The fourth-order valence-electron chi connectivity index (χ4n) is 2.77. The van der Waals surface area contributed by atoms with Gasteiger partial charge in [0.2, 0.25) is 5.78 Å². The van der Waals surface area contributed by atoms with E-state index < -0.39 is 45.8 Å². The molecule has 1 aliphatic carbocycles. The van der Waals surface area contributed by atoms with Crippen molar-refractivity contribution in [3.05, 3.63) is 60.3 Å². The fourth-order valence-corrected chi connectivity index (χ4v) is 2.77. The van der Waals surface area contributed by atoms with Crippen molar-refractivity contribution in [3.8, 4) is 5.75 Å². The number of benzene rings is 1. The predicted molar refractivity (Wildman–Crippen MR) is 98.3 cm³/mol. The van der Waals surface area contributed by atoms with Crippen molar-refractivity contribution in [3.63, 3.8) is 0 Å². The molecule has 12 heteroatoms. The first-order chi connectivity index (χ1) is 13.7. The van der Waals surface area contributed by atoms with Gasteiger partial charge in [-0.05, 0) is 25.0 Å². The number of aromatic amines is 1. The highest BCUT2D eigenvalue weighted by Crippen LogP contribution is 2.35. The molecule has 0 unspecified atom stereocenters. The van der Waals surface area contributed by atoms with Gasteiger partial charge in [0.25, 0.3) is 5.56 Å². The largest absolute Gasteiger partial charge is 0.478 e. The number of nitro groups is 1. The lowest BCUT2D eigenvalue weighted by Crippen LogP contribution is -2.37. The standard InChI is InChI=1S/C17H16N4O8/c1-28-16(24)8-2-5-12(10(6-8)21(26)27)29-7-11(22)13-14(18)20(9-3-4-9)17(25)19-15(13)23/h2,5-6,9H,3-4,7,18H2,1H3,(H,19,23,25). The number of nitrogens with one attached hydrogen (secondary N) is 1. The van der Waals surface area contributed by atoms with Gasteiger partial charge in [-0.1, -0.05) is 0 Å². The third-order valence-corrected chi connectivity index (χ3v) is 4.31. The number of nitro benzene ring substituents is 1. The van der Waals surface area contributed by atoms with Crippen LogP contribution < -0.4 is 21.7 Å². The molecule has 0 amide bonds. The van der Waals surface area contributed by atoms with Crippen molar-refractivity contribution in [1.29, 1.82) is 0 Å². The van der Waals surface area contributed by atoms with E-state index in [4.69, 9.17) is 10.5 Å². The molecular weight excluding hydrogens is 388 g/mol. The maximum Gasteiger partial charge on any atom is 0.338 e. The number of carbonyl (C=O) groups is 2. The molecule has 1 heterocycles. The maximum atomic E-state index is 12.5. The van der Waals surface area contributed by atoms with Gasteiger partial charge in [0.05, 0.1) is 17.6 Å². The molecule has 0 atom stereocenters. The van der Waals surface area contributed by atoms with Gasteiger partial charge in [0, 0.05) is 12.1 Å². The van der Waals surface area contributed by atoms with E-state index in [9.17, 15) is 29.3 Å². The topological polar surface area (TPSA) is 177 Å². The summed E-state index contributed by atoms with van der Waals surface area (Å²) in [5, 5.41) is 11.2. The van der Waals surface area contributed by atoms with Gasteiger partial charge in [-0.3, -0.25) is 29.3 Å². The Hall–Kier alpha value is -3.96. The molecule has 1 saturated carbocycles. The highest BCUT2D eigenvalue weighted by atomic mass is 16.6. The molecule has 0 bridgehead atoms. The van der Waals surface area contributed by atoms with Gasteiger partial charge in [0.1, 0.15) is 11.4 Å². The molecule has 1 aromatic heterocycles. The van der Waals surface area contributed by atoms with E-state index in [1.54, 1.807) is 0 Å². The van der Waals surface area contributed by atoms with Crippen molar-refractivity contribution < 1.29 is 24.0 Å². The number of nitrogen functional groups attached to an aromatic ring is 1. The van der Waals surface area contributed by atoms with E-state index >= 15 is 0 Å². The van der Waals surface area contributed by atoms with Crippen LogP contribution in [0.3, 0.4) is 0 Å². The Morgan fingerprint density at radius 3 is 2.62 bits per heavy atom. The summed E-state index contributed by atoms with van der Waals surface area (Å²) < 4.78 is 10.8. The minimum atomic E-state index is -0.964. The lowest BCUT2D eigenvalue weighted by atomic mass is 10.2. The molecule has 1 aliphatic rings. The van der Waals surface area contributed by atoms with Crippen LogP contribution in [0.25, 0.3) is 0 Å². The highest BCUT2D eigenvalue weighted by molar-refractivity contribution is 6.00. The minimum absolute atomic E-state index is 0.0740. The van der Waals surface area contributed by atoms with Crippen molar-refractivity contribution in [2.24, 2.45) is 0 Å². The average molecular weight is 404 g/mol. The Kier molecular flexibility index (Phi) is 5.17. The summed E-state index contributed by atoms with van der Waals surface area (Å²) >= 11 is 0. The summed E-state index contributed by atoms with van der Waals surface area (Å²) in [7, 11) is 1.13. The Bertz CT molecular complexity index is 1130. The summed E-state index contributed by atoms with van der Waals surface area (Å²) in [5.74, 6) is -2.20. The van der Waals surface area contributed by atoms with Gasteiger partial charge in [-0.25, -0.2) is 9.59 Å². The number of Topliss-reactive ketones (excluding diaryl/α,β-unsaturated/α-hetero) is 1. The zero-order valence-corrected chi connectivity index (χ0v) is 15.2. The van der Waals surface area contributed by atoms with Crippen LogP contribution in [0.4, 0.5) is 11.5 Å². The second kappa shape index (κ2) is 7.58. The number of carbonyl (C=O) groups excluding carboxylic acids is 2.